The van der Waals surface area contributed by atoms with Crippen LogP contribution in [0.1, 0.15) is 26.7 Å². The number of carbonyl (C=O) groups excluding carboxylic acids is 1. The topological polar surface area (TPSA) is 130 Å². The van der Waals surface area contributed by atoms with Gasteiger partial charge in [-0.25, -0.2) is 9.18 Å². The van der Waals surface area contributed by atoms with Crippen LogP contribution in [0.25, 0.3) is 0 Å². The molecule has 9 heteroatoms. The zero-order valence-electron chi connectivity index (χ0n) is 12.9. The van der Waals surface area contributed by atoms with Gasteiger partial charge in [0.2, 0.25) is 5.91 Å². The van der Waals surface area contributed by atoms with Crippen LogP contribution in [0.3, 0.4) is 0 Å². The van der Waals surface area contributed by atoms with E-state index < -0.39 is 53.4 Å². The minimum absolute atomic E-state index is 0. The Morgan fingerprint density at radius 2 is 1.91 bits per heavy atom. The molecular weight excluding hydrogens is 331 g/mol. The van der Waals surface area contributed by atoms with Crippen molar-refractivity contribution in [1.82, 2.24) is 5.32 Å². The largest absolute Gasteiger partial charge is 0.481 e. The first-order chi connectivity index (χ1) is 10.1. The van der Waals surface area contributed by atoms with Gasteiger partial charge >= 0.3 is 11.9 Å². The molecule has 0 aromatic carbocycles. The molecule has 7 nitrogen and oxygen atoms in total. The van der Waals surface area contributed by atoms with E-state index in [0.29, 0.717) is 6.42 Å². The van der Waals surface area contributed by atoms with Crippen LogP contribution in [-0.4, -0.2) is 45.8 Å². The predicted molar refractivity (Wildman–Crippen MR) is 80.8 cm³/mol. The van der Waals surface area contributed by atoms with E-state index in [9.17, 15) is 23.9 Å². The van der Waals surface area contributed by atoms with Gasteiger partial charge in [-0.05, 0) is 24.7 Å². The van der Waals surface area contributed by atoms with Crippen molar-refractivity contribution in [2.24, 2.45) is 29.4 Å². The first-order valence-corrected chi connectivity index (χ1v) is 7.30. The Morgan fingerprint density at radius 3 is 2.35 bits per heavy atom. The van der Waals surface area contributed by atoms with E-state index in [2.05, 4.69) is 5.32 Å². The average Bonchev–Trinajstić information content (AvgIpc) is 3.01. The van der Waals surface area contributed by atoms with Gasteiger partial charge < -0.3 is 21.3 Å². The molecule has 2 aliphatic carbocycles. The number of nitrogens with one attached hydrogen (secondary N) is 1. The summed E-state index contributed by atoms with van der Waals surface area (Å²) in [5.41, 5.74) is 3.53. The van der Waals surface area contributed by atoms with Gasteiger partial charge in [-0.2, -0.15) is 0 Å². The lowest BCUT2D eigenvalue weighted by atomic mass is 9.87. The number of carbonyl (C=O) groups is 3. The number of alkyl halides is 1. The Hall–Kier alpha value is -1.41. The molecule has 0 radical (unpaired) electrons. The van der Waals surface area contributed by atoms with Crippen molar-refractivity contribution >= 4 is 30.3 Å². The third-order valence-electron chi connectivity index (χ3n) is 4.70. The van der Waals surface area contributed by atoms with E-state index in [4.69, 9.17) is 10.8 Å². The second-order valence-electron chi connectivity index (χ2n) is 6.66. The lowest BCUT2D eigenvalue weighted by Crippen LogP contribution is -2.64. The minimum atomic E-state index is -2.18. The summed E-state index contributed by atoms with van der Waals surface area (Å²) in [6.07, 6.45) is -1.66. The van der Waals surface area contributed by atoms with Gasteiger partial charge in [-0.1, -0.05) is 13.8 Å². The summed E-state index contributed by atoms with van der Waals surface area (Å²) in [7, 11) is 0. The van der Waals surface area contributed by atoms with Crippen LogP contribution in [0.4, 0.5) is 4.39 Å². The summed E-state index contributed by atoms with van der Waals surface area (Å²) < 4.78 is 14.3. The number of carboxylic acid groups (broad SMARTS) is 2. The smallest absolute Gasteiger partial charge is 0.332 e. The van der Waals surface area contributed by atoms with Crippen molar-refractivity contribution in [2.75, 3.05) is 0 Å². The van der Waals surface area contributed by atoms with Gasteiger partial charge in [0.1, 0.15) is 6.17 Å². The molecule has 0 spiro atoms. The third kappa shape index (κ3) is 3.14. The molecule has 132 valence electrons. The van der Waals surface area contributed by atoms with Crippen molar-refractivity contribution in [3.05, 3.63) is 0 Å². The highest BCUT2D eigenvalue weighted by atomic mass is 35.5. The van der Waals surface area contributed by atoms with Gasteiger partial charge in [0.05, 0.1) is 12.0 Å². The van der Waals surface area contributed by atoms with E-state index in [0.717, 1.165) is 0 Å². The standard InChI is InChI=1S/C14H21FN2O5.ClH/c1-5(2)3-7(16)11(18)17-14(13(21)22)8(15)4-6-9(10(6)14)12(19)20;/h5-10H,3-4,16H2,1-2H3,(H,17,18)(H,19,20)(H,21,22);1H/t6-,7-,8-,9-,10-,14-;/m0./s1. The van der Waals surface area contributed by atoms with E-state index in [-0.39, 0.29) is 24.7 Å². The number of hydrogen-bond donors (Lipinski definition) is 4. The van der Waals surface area contributed by atoms with E-state index >= 15 is 0 Å². The first kappa shape index (κ1) is 19.6. The second kappa shape index (κ2) is 6.60. The maximum Gasteiger partial charge on any atom is 0.332 e. The zero-order chi connectivity index (χ0) is 16.8. The van der Waals surface area contributed by atoms with Gasteiger partial charge in [-0.3, -0.25) is 9.59 Å². The molecule has 23 heavy (non-hydrogen) atoms. The Bertz CT molecular complexity index is 517. The quantitative estimate of drug-likeness (QED) is 0.548. The summed E-state index contributed by atoms with van der Waals surface area (Å²) in [6.45, 7) is 3.70. The number of hydrogen-bond acceptors (Lipinski definition) is 4. The molecule has 6 atom stereocenters. The zero-order valence-corrected chi connectivity index (χ0v) is 13.7. The normalized spacial score (nSPS) is 35.9. The molecule has 0 aliphatic heterocycles. The maximum atomic E-state index is 14.3. The molecule has 0 aromatic heterocycles. The first-order valence-electron chi connectivity index (χ1n) is 7.30. The van der Waals surface area contributed by atoms with Gasteiger partial charge in [-0.15, -0.1) is 12.4 Å². The van der Waals surface area contributed by atoms with E-state index in [1.807, 2.05) is 13.8 Å². The van der Waals surface area contributed by atoms with Crippen molar-refractivity contribution in [2.45, 2.75) is 44.4 Å². The number of rotatable bonds is 6. The number of nitrogens with two attached hydrogens (primary N) is 1. The van der Waals surface area contributed by atoms with Crippen molar-refractivity contribution < 1.29 is 29.0 Å². The molecule has 0 unspecified atom stereocenters. The van der Waals surface area contributed by atoms with Crippen molar-refractivity contribution in [3.63, 3.8) is 0 Å². The van der Waals surface area contributed by atoms with Gasteiger partial charge in [0.25, 0.3) is 0 Å². The molecule has 0 saturated heterocycles. The van der Waals surface area contributed by atoms with E-state index in [1.165, 1.54) is 0 Å². The SMILES string of the molecule is CC(C)C[C@H](N)C(=O)N[C@]1(C(=O)O)[C@H]2[C@@H](C[C@@H]1F)[C@@H]2C(=O)O.Cl. The van der Waals surface area contributed by atoms with Crippen molar-refractivity contribution in [3.8, 4) is 0 Å². The molecule has 1 amide bonds. The third-order valence-corrected chi connectivity index (χ3v) is 4.70. The number of aliphatic carboxylic acids is 2. The van der Waals surface area contributed by atoms with Crippen LogP contribution in [0.15, 0.2) is 0 Å². The molecule has 0 heterocycles. The fourth-order valence-corrected chi connectivity index (χ4v) is 3.66. The number of carboxylic acids is 2. The number of halogens is 2. The molecular formula is C14H22ClFN2O5. The maximum absolute atomic E-state index is 14.3. The van der Waals surface area contributed by atoms with Crippen LogP contribution in [0.5, 0.6) is 0 Å². The van der Waals surface area contributed by atoms with Crippen LogP contribution in [0, 0.1) is 23.7 Å². The Morgan fingerprint density at radius 1 is 1.35 bits per heavy atom. The fourth-order valence-electron chi connectivity index (χ4n) is 3.66. The molecule has 5 N–H and O–H groups in total. The molecule has 0 aromatic rings. The van der Waals surface area contributed by atoms with Crippen LogP contribution < -0.4 is 11.1 Å². The molecule has 2 saturated carbocycles. The summed E-state index contributed by atoms with van der Waals surface area (Å²) in [6, 6.07) is -0.954. The van der Waals surface area contributed by atoms with Crippen LogP contribution in [0.2, 0.25) is 0 Å². The number of amides is 1. The highest BCUT2D eigenvalue weighted by Gasteiger charge is 2.76. The van der Waals surface area contributed by atoms with Gasteiger partial charge in [0, 0.05) is 5.92 Å². The minimum Gasteiger partial charge on any atom is -0.481 e. The van der Waals surface area contributed by atoms with Crippen LogP contribution in [-0.2, 0) is 14.4 Å². The Kier molecular flexibility index (Phi) is 5.64. The second-order valence-corrected chi connectivity index (χ2v) is 6.66. The molecule has 2 fully saturated rings. The summed E-state index contributed by atoms with van der Waals surface area (Å²) in [4.78, 5) is 34.9. The van der Waals surface area contributed by atoms with E-state index in [1.54, 1.807) is 0 Å². The highest BCUT2D eigenvalue weighted by molar-refractivity contribution is 5.93. The Balaban J connectivity index is 0.00000264. The average molecular weight is 353 g/mol. The van der Waals surface area contributed by atoms with Gasteiger partial charge in [0.15, 0.2) is 5.54 Å². The highest BCUT2D eigenvalue weighted by Crippen LogP contribution is 2.63. The molecule has 2 aliphatic rings. The number of fused-ring (bicyclic) bond motifs is 1. The fraction of sp³-hybridized carbons (Fsp3) is 0.786. The monoisotopic (exact) mass is 352 g/mol. The summed E-state index contributed by atoms with van der Waals surface area (Å²) in [5.74, 6) is -5.74. The lowest BCUT2D eigenvalue weighted by molar-refractivity contribution is -0.153. The van der Waals surface area contributed by atoms with Crippen LogP contribution >= 0.6 is 12.4 Å². The van der Waals surface area contributed by atoms with Crippen molar-refractivity contribution in [1.29, 1.82) is 0 Å². The Labute approximate surface area is 139 Å². The lowest BCUT2D eigenvalue weighted by Gasteiger charge is -2.32. The molecule has 0 bridgehead atoms. The molecule has 2 rings (SSSR count). The predicted octanol–water partition coefficient (Wildman–Crippen LogP) is 0.410. The summed E-state index contributed by atoms with van der Waals surface area (Å²) in [5, 5.41) is 20.7. The summed E-state index contributed by atoms with van der Waals surface area (Å²) >= 11 is 0.